The van der Waals surface area contributed by atoms with Crippen molar-refractivity contribution < 1.29 is 23.8 Å². The average Bonchev–Trinajstić information content (AvgIpc) is 3.45. The Kier molecular flexibility index (Phi) is 9.78. The number of hydrogen-bond donors (Lipinski definition) is 2. The highest BCUT2D eigenvalue weighted by Gasteiger charge is 2.34. The number of aromatic nitrogens is 1. The first-order valence-corrected chi connectivity index (χ1v) is 14.1. The third kappa shape index (κ3) is 7.47. The molecular weight excluding hydrogens is 499 g/mol. The second-order valence-electron chi connectivity index (χ2n) is 11.2. The van der Waals surface area contributed by atoms with Crippen LogP contribution in [0.15, 0.2) is 36.5 Å². The van der Waals surface area contributed by atoms with Crippen LogP contribution in [0.2, 0.25) is 0 Å². The van der Waals surface area contributed by atoms with Crippen LogP contribution in [0.25, 0.3) is 0 Å². The van der Waals surface area contributed by atoms with Crippen molar-refractivity contribution in [1.82, 2.24) is 14.8 Å². The van der Waals surface area contributed by atoms with Crippen molar-refractivity contribution >= 4 is 17.6 Å². The molecular formula is C30H41FN4O4. The first kappa shape index (κ1) is 28.8. The SMILES string of the molecule is C[C@H](CO)N1C[C@H](C)[C@H](CN(C)C(=O)Nc2ccc(F)cc2)Oc2ncc(CCCC3CCCC3)cc2C1=O. The average molecular weight is 541 g/mol. The smallest absolute Gasteiger partial charge is 0.321 e. The Labute approximate surface area is 230 Å². The van der Waals surface area contributed by atoms with Gasteiger partial charge in [-0.1, -0.05) is 39.0 Å². The predicted molar refractivity (Wildman–Crippen MR) is 148 cm³/mol. The molecule has 2 aliphatic rings. The van der Waals surface area contributed by atoms with E-state index in [2.05, 4.69) is 10.3 Å². The molecule has 0 unspecified atom stereocenters. The molecule has 1 aromatic heterocycles. The Bertz CT molecular complexity index is 1120. The van der Waals surface area contributed by atoms with Crippen molar-refractivity contribution in [3.05, 3.63) is 53.5 Å². The number of aryl methyl sites for hydroxylation is 1. The Morgan fingerprint density at radius 3 is 2.69 bits per heavy atom. The molecule has 1 saturated carbocycles. The Morgan fingerprint density at radius 1 is 1.28 bits per heavy atom. The number of rotatable bonds is 9. The summed E-state index contributed by atoms with van der Waals surface area (Å²) in [6, 6.07) is 6.72. The molecule has 0 spiro atoms. The van der Waals surface area contributed by atoms with Crippen LogP contribution >= 0.6 is 0 Å². The predicted octanol–water partition coefficient (Wildman–Crippen LogP) is 5.12. The van der Waals surface area contributed by atoms with Crippen LogP contribution in [0.3, 0.4) is 0 Å². The van der Waals surface area contributed by atoms with Crippen LogP contribution < -0.4 is 10.1 Å². The number of amides is 3. The summed E-state index contributed by atoms with van der Waals surface area (Å²) in [4.78, 5) is 34.2. The fourth-order valence-corrected chi connectivity index (χ4v) is 5.50. The zero-order valence-corrected chi connectivity index (χ0v) is 23.2. The molecule has 212 valence electrons. The highest BCUT2D eigenvalue weighted by molar-refractivity contribution is 5.97. The van der Waals surface area contributed by atoms with Crippen molar-refractivity contribution in [1.29, 1.82) is 0 Å². The number of nitrogens with one attached hydrogen (secondary N) is 1. The molecule has 1 fully saturated rings. The molecule has 1 aromatic carbocycles. The highest BCUT2D eigenvalue weighted by Crippen LogP contribution is 2.30. The van der Waals surface area contributed by atoms with Gasteiger partial charge in [-0.05, 0) is 61.6 Å². The number of aliphatic hydroxyl groups excluding tert-OH is 1. The van der Waals surface area contributed by atoms with Crippen molar-refractivity contribution in [2.24, 2.45) is 11.8 Å². The zero-order valence-electron chi connectivity index (χ0n) is 23.2. The molecule has 3 amide bonds. The van der Waals surface area contributed by atoms with Crippen LogP contribution in [0.1, 0.15) is 68.3 Å². The number of ether oxygens (including phenoxy) is 1. The van der Waals surface area contributed by atoms with Crippen LogP contribution in [0, 0.1) is 17.7 Å². The van der Waals surface area contributed by atoms with Gasteiger partial charge in [0, 0.05) is 31.4 Å². The number of likely N-dealkylation sites (N-methyl/N-ethyl adjacent to an activating group) is 1. The number of benzene rings is 1. The minimum Gasteiger partial charge on any atom is -0.472 e. The van der Waals surface area contributed by atoms with Crippen molar-refractivity contribution in [2.75, 3.05) is 32.1 Å². The van der Waals surface area contributed by atoms with E-state index in [9.17, 15) is 19.1 Å². The summed E-state index contributed by atoms with van der Waals surface area (Å²) in [6.45, 7) is 4.23. The van der Waals surface area contributed by atoms with Gasteiger partial charge in [0.05, 0.1) is 19.2 Å². The van der Waals surface area contributed by atoms with Gasteiger partial charge >= 0.3 is 6.03 Å². The summed E-state index contributed by atoms with van der Waals surface area (Å²) in [7, 11) is 1.66. The Hall–Kier alpha value is -3.20. The lowest BCUT2D eigenvalue weighted by atomic mass is 9.97. The van der Waals surface area contributed by atoms with E-state index >= 15 is 0 Å². The summed E-state index contributed by atoms with van der Waals surface area (Å²) in [5.41, 5.74) is 1.88. The van der Waals surface area contributed by atoms with E-state index in [1.54, 1.807) is 18.1 Å². The molecule has 0 bridgehead atoms. The maximum absolute atomic E-state index is 13.6. The number of aliphatic hydroxyl groups is 1. The topological polar surface area (TPSA) is 95.0 Å². The molecule has 2 aromatic rings. The molecule has 0 saturated heterocycles. The number of nitrogens with zero attached hydrogens (tertiary/aromatic N) is 3. The summed E-state index contributed by atoms with van der Waals surface area (Å²) in [5, 5.41) is 12.7. The number of anilines is 1. The van der Waals surface area contributed by atoms with Gasteiger partial charge < -0.3 is 25.0 Å². The first-order valence-electron chi connectivity index (χ1n) is 14.1. The molecule has 2 heterocycles. The van der Waals surface area contributed by atoms with E-state index in [0.717, 1.165) is 24.3 Å². The summed E-state index contributed by atoms with van der Waals surface area (Å²) >= 11 is 0. The number of fused-ring (bicyclic) bond motifs is 1. The number of urea groups is 1. The van der Waals surface area contributed by atoms with E-state index in [-0.39, 0.29) is 48.7 Å². The van der Waals surface area contributed by atoms with Crippen LogP contribution in [0.4, 0.5) is 14.9 Å². The van der Waals surface area contributed by atoms with E-state index < -0.39 is 6.10 Å². The number of carbonyl (C=O) groups is 2. The van der Waals surface area contributed by atoms with Crippen LogP contribution in [0.5, 0.6) is 5.88 Å². The van der Waals surface area contributed by atoms with E-state index in [1.165, 1.54) is 61.3 Å². The molecule has 3 atom stereocenters. The lowest BCUT2D eigenvalue weighted by Gasteiger charge is -2.37. The second-order valence-corrected chi connectivity index (χ2v) is 11.2. The van der Waals surface area contributed by atoms with Gasteiger partial charge in [-0.25, -0.2) is 14.2 Å². The third-order valence-corrected chi connectivity index (χ3v) is 8.03. The van der Waals surface area contributed by atoms with Crippen LogP contribution in [-0.4, -0.2) is 70.7 Å². The number of hydrogen-bond acceptors (Lipinski definition) is 5. The largest absolute Gasteiger partial charge is 0.472 e. The lowest BCUT2D eigenvalue weighted by molar-refractivity contribution is 0.0356. The van der Waals surface area contributed by atoms with Crippen LogP contribution in [-0.2, 0) is 6.42 Å². The quantitative estimate of drug-likeness (QED) is 0.461. The number of pyridine rings is 1. The van der Waals surface area contributed by atoms with E-state index in [4.69, 9.17) is 4.74 Å². The molecule has 4 rings (SSSR count). The molecule has 2 N–H and O–H groups in total. The zero-order chi connectivity index (χ0) is 27.9. The molecule has 8 nitrogen and oxygen atoms in total. The van der Waals surface area contributed by atoms with Gasteiger partial charge in [-0.2, -0.15) is 0 Å². The van der Waals surface area contributed by atoms with Crippen molar-refractivity contribution in [3.8, 4) is 5.88 Å². The van der Waals surface area contributed by atoms with E-state index in [0.29, 0.717) is 17.8 Å². The minimum absolute atomic E-state index is 0.148. The van der Waals surface area contributed by atoms with Gasteiger partial charge in [0.25, 0.3) is 5.91 Å². The van der Waals surface area contributed by atoms with E-state index in [1.807, 2.05) is 19.9 Å². The van der Waals surface area contributed by atoms with Gasteiger partial charge in [-0.3, -0.25) is 4.79 Å². The Morgan fingerprint density at radius 2 is 2.00 bits per heavy atom. The minimum atomic E-state index is -0.449. The number of halogens is 1. The second kappa shape index (κ2) is 13.2. The molecule has 1 aliphatic heterocycles. The fraction of sp³-hybridized carbons (Fsp3) is 0.567. The maximum Gasteiger partial charge on any atom is 0.321 e. The summed E-state index contributed by atoms with van der Waals surface area (Å²) in [5.74, 6) is 0.332. The van der Waals surface area contributed by atoms with Crippen molar-refractivity contribution in [3.63, 3.8) is 0 Å². The fourth-order valence-electron chi connectivity index (χ4n) is 5.50. The van der Waals surface area contributed by atoms with Gasteiger partial charge in [0.15, 0.2) is 0 Å². The van der Waals surface area contributed by atoms with Gasteiger partial charge in [0.2, 0.25) is 5.88 Å². The highest BCUT2D eigenvalue weighted by atomic mass is 19.1. The lowest BCUT2D eigenvalue weighted by Crippen LogP contribution is -2.50. The van der Waals surface area contributed by atoms with Gasteiger partial charge in [-0.15, -0.1) is 0 Å². The summed E-state index contributed by atoms with van der Waals surface area (Å²) in [6.07, 6.45) is 9.75. The number of carbonyl (C=O) groups excluding carboxylic acids is 2. The standard InChI is InChI=1S/C30H41FN4O4/c1-20-17-35(21(2)19-36)29(37)26-15-23(10-6-9-22-7-4-5-8-22)16-32-28(26)39-27(20)18-34(3)30(38)33-25-13-11-24(31)12-14-25/h11-16,20-22,27,36H,4-10,17-19H2,1-3H3,(H,33,38)/t20-,21+,27-/m0/s1. The summed E-state index contributed by atoms with van der Waals surface area (Å²) < 4.78 is 19.5. The first-order chi connectivity index (χ1) is 18.7. The molecule has 9 heteroatoms. The Balaban J connectivity index is 1.50. The maximum atomic E-state index is 13.6. The molecule has 39 heavy (non-hydrogen) atoms. The molecule has 1 aliphatic carbocycles. The monoisotopic (exact) mass is 540 g/mol. The normalized spacial score (nSPS) is 20.5. The molecule has 0 radical (unpaired) electrons. The van der Waals surface area contributed by atoms with Gasteiger partial charge in [0.1, 0.15) is 17.5 Å². The van der Waals surface area contributed by atoms with Crippen molar-refractivity contribution in [2.45, 2.75) is 70.9 Å². The third-order valence-electron chi connectivity index (χ3n) is 8.03.